The summed E-state index contributed by atoms with van der Waals surface area (Å²) in [6.07, 6.45) is 3.37. The predicted molar refractivity (Wildman–Crippen MR) is 96.4 cm³/mol. The van der Waals surface area contributed by atoms with E-state index in [1.54, 1.807) is 6.26 Å². The number of nitrogens with zero attached hydrogens (tertiary/aromatic N) is 4. The Morgan fingerprint density at radius 3 is 2.92 bits per heavy atom. The van der Waals surface area contributed by atoms with Gasteiger partial charge in [-0.2, -0.15) is 0 Å². The number of nitrogens with two attached hydrogens (primary N) is 1. The normalized spacial score (nSPS) is 15.4. The highest BCUT2D eigenvalue weighted by Crippen LogP contribution is 2.28. The van der Waals surface area contributed by atoms with Crippen molar-refractivity contribution in [2.45, 2.75) is 25.8 Å². The third-order valence-electron chi connectivity index (χ3n) is 4.10. The van der Waals surface area contributed by atoms with Crippen LogP contribution < -0.4 is 16.4 Å². The number of furan rings is 1. The lowest BCUT2D eigenvalue weighted by Crippen LogP contribution is -2.16. The van der Waals surface area contributed by atoms with Crippen LogP contribution in [-0.4, -0.2) is 33.3 Å². The van der Waals surface area contributed by atoms with Gasteiger partial charge in [0.1, 0.15) is 10.8 Å². The van der Waals surface area contributed by atoms with Gasteiger partial charge in [0, 0.05) is 18.5 Å². The summed E-state index contributed by atoms with van der Waals surface area (Å²) in [6.45, 7) is 3.84. The molecular formula is C16H19N7OS. The number of nitrogens with one attached hydrogen (secondary N) is 2. The molecule has 8 nitrogen and oxygen atoms in total. The van der Waals surface area contributed by atoms with Crippen LogP contribution in [0.2, 0.25) is 0 Å². The van der Waals surface area contributed by atoms with E-state index >= 15 is 0 Å². The summed E-state index contributed by atoms with van der Waals surface area (Å²) in [5.41, 5.74) is 7.90. The SMILES string of the molecule is C[C@H](Nc1nc(-c2ccco2)nc2c1CCNCC2)c1nnc(N)s1. The third-order valence-corrected chi connectivity index (χ3v) is 5.04. The van der Waals surface area contributed by atoms with E-state index in [1.165, 1.54) is 11.3 Å². The summed E-state index contributed by atoms with van der Waals surface area (Å²) < 4.78 is 5.48. The van der Waals surface area contributed by atoms with E-state index in [4.69, 9.17) is 20.1 Å². The smallest absolute Gasteiger partial charge is 0.203 e. The Morgan fingerprint density at radius 2 is 2.16 bits per heavy atom. The van der Waals surface area contributed by atoms with Crippen molar-refractivity contribution in [3.63, 3.8) is 0 Å². The molecule has 0 amide bonds. The van der Waals surface area contributed by atoms with Crippen molar-refractivity contribution in [1.29, 1.82) is 0 Å². The largest absolute Gasteiger partial charge is 0.461 e. The molecule has 9 heteroatoms. The van der Waals surface area contributed by atoms with E-state index in [-0.39, 0.29) is 6.04 Å². The first-order chi connectivity index (χ1) is 12.2. The maximum absolute atomic E-state index is 5.70. The minimum Gasteiger partial charge on any atom is -0.461 e. The van der Waals surface area contributed by atoms with Crippen molar-refractivity contribution in [2.24, 2.45) is 0 Å². The van der Waals surface area contributed by atoms with Crippen molar-refractivity contribution < 1.29 is 4.42 Å². The lowest BCUT2D eigenvalue weighted by molar-refractivity contribution is 0.576. The van der Waals surface area contributed by atoms with Crippen molar-refractivity contribution in [3.05, 3.63) is 34.7 Å². The minimum atomic E-state index is -0.0468. The lowest BCUT2D eigenvalue weighted by atomic mass is 10.1. The van der Waals surface area contributed by atoms with Crippen LogP contribution in [0.1, 0.15) is 29.2 Å². The zero-order chi connectivity index (χ0) is 17.2. The van der Waals surface area contributed by atoms with Gasteiger partial charge >= 0.3 is 0 Å². The van der Waals surface area contributed by atoms with Gasteiger partial charge in [-0.15, -0.1) is 10.2 Å². The lowest BCUT2D eigenvalue weighted by Gasteiger charge is -2.17. The first kappa shape index (κ1) is 16.0. The molecule has 3 aromatic heterocycles. The Bertz CT molecular complexity index is 862. The van der Waals surface area contributed by atoms with Gasteiger partial charge in [-0.1, -0.05) is 11.3 Å². The molecule has 0 aliphatic carbocycles. The summed E-state index contributed by atoms with van der Waals surface area (Å²) in [5.74, 6) is 2.08. The van der Waals surface area contributed by atoms with Crippen LogP contribution in [0.4, 0.5) is 10.9 Å². The second-order valence-electron chi connectivity index (χ2n) is 5.89. The molecule has 0 bridgehead atoms. The molecule has 0 radical (unpaired) electrons. The van der Waals surface area contributed by atoms with Crippen LogP contribution in [0.3, 0.4) is 0 Å². The fourth-order valence-corrected chi connectivity index (χ4v) is 3.48. The summed E-state index contributed by atoms with van der Waals surface area (Å²) in [6, 6.07) is 3.66. The molecule has 3 aromatic rings. The number of hydrogen-bond acceptors (Lipinski definition) is 9. The molecule has 0 fully saturated rings. The van der Waals surface area contributed by atoms with Crippen LogP contribution in [0.25, 0.3) is 11.6 Å². The van der Waals surface area contributed by atoms with Gasteiger partial charge in [0.2, 0.25) is 5.13 Å². The molecule has 0 saturated carbocycles. The molecular weight excluding hydrogens is 338 g/mol. The quantitative estimate of drug-likeness (QED) is 0.650. The van der Waals surface area contributed by atoms with Crippen LogP contribution in [0, 0.1) is 0 Å². The van der Waals surface area contributed by atoms with Crippen LogP contribution in [0.5, 0.6) is 0 Å². The molecule has 4 rings (SSSR count). The molecule has 4 N–H and O–H groups in total. The van der Waals surface area contributed by atoms with Gasteiger partial charge in [0.05, 0.1) is 18.0 Å². The summed E-state index contributed by atoms with van der Waals surface area (Å²) in [4.78, 5) is 9.45. The molecule has 1 aliphatic heterocycles. The average Bonchev–Trinajstić information content (AvgIpc) is 3.22. The van der Waals surface area contributed by atoms with E-state index in [2.05, 4.69) is 20.8 Å². The summed E-state index contributed by atoms with van der Waals surface area (Å²) in [5, 5.41) is 16.2. The van der Waals surface area contributed by atoms with Crippen LogP contribution in [-0.2, 0) is 12.8 Å². The molecule has 0 aromatic carbocycles. The third kappa shape index (κ3) is 3.33. The first-order valence-electron chi connectivity index (χ1n) is 8.20. The Kier molecular flexibility index (Phi) is 4.33. The second-order valence-corrected chi connectivity index (χ2v) is 6.93. The highest BCUT2D eigenvalue weighted by molar-refractivity contribution is 7.15. The Morgan fingerprint density at radius 1 is 1.28 bits per heavy atom. The number of nitrogen functional groups attached to an aromatic ring is 1. The molecule has 25 heavy (non-hydrogen) atoms. The maximum atomic E-state index is 5.70. The predicted octanol–water partition coefficient (Wildman–Crippen LogP) is 2.03. The second kappa shape index (κ2) is 6.77. The van der Waals surface area contributed by atoms with Crippen LogP contribution in [0.15, 0.2) is 22.8 Å². The number of aromatic nitrogens is 4. The van der Waals surface area contributed by atoms with E-state index in [9.17, 15) is 0 Å². The minimum absolute atomic E-state index is 0.0468. The number of anilines is 2. The van der Waals surface area contributed by atoms with E-state index in [0.717, 1.165) is 48.0 Å². The topological polar surface area (TPSA) is 115 Å². The van der Waals surface area contributed by atoms with Crippen molar-refractivity contribution in [2.75, 3.05) is 24.1 Å². The van der Waals surface area contributed by atoms with Crippen molar-refractivity contribution in [3.8, 4) is 11.6 Å². The monoisotopic (exact) mass is 357 g/mol. The molecule has 0 unspecified atom stereocenters. The molecule has 0 saturated heterocycles. The fourth-order valence-electron chi connectivity index (χ4n) is 2.87. The summed E-state index contributed by atoms with van der Waals surface area (Å²) in [7, 11) is 0. The maximum Gasteiger partial charge on any atom is 0.203 e. The fraction of sp³-hybridized carbons (Fsp3) is 0.375. The zero-order valence-electron chi connectivity index (χ0n) is 13.8. The van der Waals surface area contributed by atoms with E-state index in [0.29, 0.717) is 16.7 Å². The van der Waals surface area contributed by atoms with Crippen molar-refractivity contribution >= 4 is 22.3 Å². The highest BCUT2D eigenvalue weighted by Gasteiger charge is 2.21. The standard InChI is InChI=1S/C16H19N7OS/c1-9(15-22-23-16(17)25-15)19-13-10-4-6-18-7-5-11(10)20-14(21-13)12-3-2-8-24-12/h2-3,8-9,18H,4-7H2,1H3,(H2,17,23)(H,19,20,21)/t9-/m0/s1. The number of rotatable bonds is 4. The van der Waals surface area contributed by atoms with Gasteiger partial charge in [-0.3, -0.25) is 0 Å². The number of hydrogen-bond donors (Lipinski definition) is 3. The Hall–Kier alpha value is -2.52. The number of fused-ring (bicyclic) bond motifs is 1. The highest BCUT2D eigenvalue weighted by atomic mass is 32.1. The Labute approximate surface area is 148 Å². The van der Waals surface area contributed by atoms with E-state index in [1.807, 2.05) is 19.1 Å². The van der Waals surface area contributed by atoms with Gasteiger partial charge in [-0.05, 0) is 32.0 Å². The Balaban J connectivity index is 1.72. The molecule has 1 atom stereocenters. The summed E-state index contributed by atoms with van der Waals surface area (Å²) >= 11 is 1.38. The molecule has 0 spiro atoms. The zero-order valence-corrected chi connectivity index (χ0v) is 14.6. The molecule has 130 valence electrons. The van der Waals surface area contributed by atoms with Crippen molar-refractivity contribution in [1.82, 2.24) is 25.5 Å². The van der Waals surface area contributed by atoms with Gasteiger partial charge in [-0.25, -0.2) is 9.97 Å². The molecule has 1 aliphatic rings. The van der Waals surface area contributed by atoms with E-state index < -0.39 is 0 Å². The molecule has 4 heterocycles. The first-order valence-corrected chi connectivity index (χ1v) is 9.02. The van der Waals surface area contributed by atoms with Gasteiger partial charge < -0.3 is 20.8 Å². The van der Waals surface area contributed by atoms with Gasteiger partial charge in [0.25, 0.3) is 0 Å². The van der Waals surface area contributed by atoms with Crippen LogP contribution >= 0.6 is 11.3 Å². The average molecular weight is 357 g/mol. The van der Waals surface area contributed by atoms with Gasteiger partial charge in [0.15, 0.2) is 11.6 Å².